The summed E-state index contributed by atoms with van der Waals surface area (Å²) >= 11 is 7.97. The predicted octanol–water partition coefficient (Wildman–Crippen LogP) is 2.27. The van der Waals surface area contributed by atoms with Gasteiger partial charge in [-0.05, 0) is 41.9 Å². The maximum Gasteiger partial charge on any atom is 0.241 e. The molecule has 1 saturated heterocycles. The molecule has 0 bridgehead atoms. The smallest absolute Gasteiger partial charge is 0.241 e. The molecule has 2 aromatic heterocycles. The lowest BCUT2D eigenvalue weighted by Crippen LogP contribution is -2.20. The lowest BCUT2D eigenvalue weighted by molar-refractivity contribution is 0.514. The van der Waals surface area contributed by atoms with E-state index in [1.165, 1.54) is 24.3 Å². The van der Waals surface area contributed by atoms with Crippen LogP contribution < -0.4 is 5.32 Å². The summed E-state index contributed by atoms with van der Waals surface area (Å²) in [6.45, 7) is 0.879. The summed E-state index contributed by atoms with van der Waals surface area (Å²) in [6.07, 6.45) is 7.56. The number of nitrogens with zero attached hydrogens (tertiary/aromatic N) is 5. The fourth-order valence-electron chi connectivity index (χ4n) is 2.10. The van der Waals surface area contributed by atoms with Gasteiger partial charge in [0.15, 0.2) is 0 Å². The first-order chi connectivity index (χ1) is 9.81. The molecule has 6 nitrogen and oxygen atoms in total. The van der Waals surface area contributed by atoms with Gasteiger partial charge in [-0.15, -0.1) is 0 Å². The van der Waals surface area contributed by atoms with Gasteiger partial charge in [0.05, 0.1) is 0 Å². The van der Waals surface area contributed by atoms with E-state index < -0.39 is 0 Å². The average Bonchev–Trinajstić information content (AvgIpc) is 3.00. The van der Waals surface area contributed by atoms with Crippen molar-refractivity contribution in [2.45, 2.75) is 12.8 Å². The van der Waals surface area contributed by atoms with E-state index in [0.29, 0.717) is 17.8 Å². The van der Waals surface area contributed by atoms with Crippen molar-refractivity contribution in [2.24, 2.45) is 5.92 Å². The van der Waals surface area contributed by atoms with E-state index in [2.05, 4.69) is 25.3 Å². The Kier molecular flexibility index (Phi) is 4.37. The summed E-state index contributed by atoms with van der Waals surface area (Å²) in [5, 5.41) is 3.45. The van der Waals surface area contributed by atoms with Crippen LogP contribution in [0.2, 0.25) is 5.28 Å². The summed E-state index contributed by atoms with van der Waals surface area (Å²) in [7, 11) is 0. The average molecular weight is 311 g/mol. The molecule has 106 valence electrons. The first kappa shape index (κ1) is 13.6. The zero-order valence-electron chi connectivity index (χ0n) is 10.9. The highest BCUT2D eigenvalue weighted by molar-refractivity contribution is 7.99. The lowest BCUT2D eigenvalue weighted by Gasteiger charge is -2.21. The number of thioether (sulfide) groups is 1. The van der Waals surface area contributed by atoms with Crippen molar-refractivity contribution in [1.82, 2.24) is 24.5 Å². The van der Waals surface area contributed by atoms with Crippen molar-refractivity contribution in [2.75, 3.05) is 23.4 Å². The van der Waals surface area contributed by atoms with Crippen LogP contribution in [0.5, 0.6) is 0 Å². The second-order valence-electron chi connectivity index (χ2n) is 4.63. The van der Waals surface area contributed by atoms with Gasteiger partial charge in [0.2, 0.25) is 17.2 Å². The molecule has 0 radical (unpaired) electrons. The largest absolute Gasteiger partial charge is 0.354 e. The minimum Gasteiger partial charge on any atom is -0.354 e. The lowest BCUT2D eigenvalue weighted by atomic mass is 10.0. The molecule has 0 aromatic carbocycles. The predicted molar refractivity (Wildman–Crippen MR) is 80.5 cm³/mol. The summed E-state index contributed by atoms with van der Waals surface area (Å²) in [6, 6.07) is 0. The number of rotatable bonds is 4. The van der Waals surface area contributed by atoms with Crippen molar-refractivity contribution in [3.8, 4) is 5.95 Å². The van der Waals surface area contributed by atoms with Crippen molar-refractivity contribution in [1.29, 1.82) is 0 Å². The van der Waals surface area contributed by atoms with E-state index in [4.69, 9.17) is 11.6 Å². The van der Waals surface area contributed by atoms with Crippen LogP contribution in [0.25, 0.3) is 5.95 Å². The highest BCUT2D eigenvalue weighted by Crippen LogP contribution is 2.22. The molecule has 0 spiro atoms. The zero-order valence-corrected chi connectivity index (χ0v) is 12.4. The van der Waals surface area contributed by atoms with Crippen LogP contribution in [0.3, 0.4) is 0 Å². The maximum absolute atomic E-state index is 5.95. The standard InChI is InChI=1S/C12H15ClN6S/c13-10-16-11(15-7-9-1-5-20-6-2-9)18-12(17-10)19-4-3-14-8-19/h3-4,8-9H,1-2,5-7H2,(H,15,16,17,18). The number of aromatic nitrogens is 5. The molecule has 1 aliphatic heterocycles. The molecule has 1 fully saturated rings. The van der Waals surface area contributed by atoms with Gasteiger partial charge in [0, 0.05) is 18.9 Å². The Balaban J connectivity index is 1.69. The Morgan fingerprint density at radius 3 is 2.90 bits per heavy atom. The molecule has 0 atom stereocenters. The number of imidazole rings is 1. The van der Waals surface area contributed by atoms with Gasteiger partial charge in [0.25, 0.3) is 0 Å². The molecule has 0 saturated carbocycles. The van der Waals surface area contributed by atoms with Gasteiger partial charge in [-0.1, -0.05) is 0 Å². The van der Waals surface area contributed by atoms with E-state index in [0.717, 1.165) is 6.54 Å². The first-order valence-corrected chi connectivity index (χ1v) is 8.06. The van der Waals surface area contributed by atoms with Crippen LogP contribution in [0.4, 0.5) is 5.95 Å². The van der Waals surface area contributed by atoms with Crippen LogP contribution in [-0.4, -0.2) is 42.6 Å². The Morgan fingerprint density at radius 1 is 1.30 bits per heavy atom. The fourth-order valence-corrected chi connectivity index (χ4v) is 3.46. The van der Waals surface area contributed by atoms with Crippen molar-refractivity contribution >= 4 is 29.3 Å². The third-order valence-electron chi connectivity index (χ3n) is 3.22. The van der Waals surface area contributed by atoms with E-state index in [-0.39, 0.29) is 5.28 Å². The van der Waals surface area contributed by atoms with Gasteiger partial charge >= 0.3 is 0 Å². The highest BCUT2D eigenvalue weighted by Gasteiger charge is 2.14. The van der Waals surface area contributed by atoms with E-state index >= 15 is 0 Å². The molecule has 1 N–H and O–H groups in total. The van der Waals surface area contributed by atoms with Gasteiger partial charge in [-0.3, -0.25) is 4.57 Å². The van der Waals surface area contributed by atoms with Crippen LogP contribution in [-0.2, 0) is 0 Å². The minimum atomic E-state index is 0.186. The SMILES string of the molecule is Clc1nc(NCC2CCSCC2)nc(-n2ccnc2)n1. The zero-order chi connectivity index (χ0) is 13.8. The van der Waals surface area contributed by atoms with Crippen LogP contribution >= 0.6 is 23.4 Å². The third-order valence-corrected chi connectivity index (χ3v) is 4.44. The van der Waals surface area contributed by atoms with E-state index in [1.807, 2.05) is 11.8 Å². The number of hydrogen-bond acceptors (Lipinski definition) is 6. The molecule has 20 heavy (non-hydrogen) atoms. The molecule has 2 aromatic rings. The Bertz CT molecular complexity index is 555. The summed E-state index contributed by atoms with van der Waals surface area (Å²) in [5.74, 6) is 4.16. The molecule has 0 amide bonds. The van der Waals surface area contributed by atoms with Crippen LogP contribution in [0.1, 0.15) is 12.8 Å². The van der Waals surface area contributed by atoms with Crippen molar-refractivity contribution in [3.05, 3.63) is 24.0 Å². The quantitative estimate of drug-likeness (QED) is 0.934. The minimum absolute atomic E-state index is 0.186. The van der Waals surface area contributed by atoms with Gasteiger partial charge < -0.3 is 5.32 Å². The van der Waals surface area contributed by atoms with Crippen LogP contribution in [0, 0.1) is 5.92 Å². The van der Waals surface area contributed by atoms with Gasteiger partial charge in [0.1, 0.15) is 6.33 Å². The summed E-state index contributed by atoms with van der Waals surface area (Å²) in [5.41, 5.74) is 0. The molecule has 1 aliphatic rings. The van der Waals surface area contributed by atoms with E-state index in [1.54, 1.807) is 23.3 Å². The molecule has 0 aliphatic carbocycles. The number of nitrogens with one attached hydrogen (secondary N) is 1. The second-order valence-corrected chi connectivity index (χ2v) is 6.20. The van der Waals surface area contributed by atoms with E-state index in [9.17, 15) is 0 Å². The molecule has 3 rings (SSSR count). The number of halogens is 1. The molecule has 3 heterocycles. The summed E-state index contributed by atoms with van der Waals surface area (Å²) < 4.78 is 1.70. The number of hydrogen-bond donors (Lipinski definition) is 1. The topological polar surface area (TPSA) is 68.5 Å². The van der Waals surface area contributed by atoms with Gasteiger partial charge in [-0.2, -0.15) is 26.7 Å². The monoisotopic (exact) mass is 310 g/mol. The molecule has 8 heteroatoms. The molecular weight excluding hydrogens is 296 g/mol. The third kappa shape index (κ3) is 3.40. The molecule has 0 unspecified atom stereocenters. The highest BCUT2D eigenvalue weighted by atomic mass is 35.5. The second kappa shape index (κ2) is 6.41. The Labute approximate surface area is 126 Å². The summed E-state index contributed by atoms with van der Waals surface area (Å²) in [4.78, 5) is 16.5. The molecular formula is C12H15ClN6S. The fraction of sp³-hybridized carbons (Fsp3) is 0.500. The van der Waals surface area contributed by atoms with Crippen LogP contribution in [0.15, 0.2) is 18.7 Å². The Hall–Kier alpha value is -1.34. The normalized spacial score (nSPS) is 16.2. The van der Waals surface area contributed by atoms with Gasteiger partial charge in [-0.25, -0.2) is 4.98 Å². The number of anilines is 1. The Morgan fingerprint density at radius 2 is 2.15 bits per heavy atom. The first-order valence-electron chi connectivity index (χ1n) is 6.53. The van der Waals surface area contributed by atoms with Crippen molar-refractivity contribution < 1.29 is 0 Å². The maximum atomic E-state index is 5.95. The van der Waals surface area contributed by atoms with Crippen molar-refractivity contribution in [3.63, 3.8) is 0 Å².